The van der Waals surface area contributed by atoms with Crippen LogP contribution in [-0.2, 0) is 19.5 Å². The summed E-state index contributed by atoms with van der Waals surface area (Å²) in [6.45, 7) is 4.92. The van der Waals surface area contributed by atoms with E-state index in [1.807, 2.05) is 0 Å². The Morgan fingerprint density at radius 2 is 1.80 bits per heavy atom. The summed E-state index contributed by atoms with van der Waals surface area (Å²) in [4.78, 5) is 2.50. The van der Waals surface area contributed by atoms with Gasteiger partial charge in [0, 0.05) is 25.3 Å². The predicted octanol–water partition coefficient (Wildman–Crippen LogP) is 3.41. The summed E-state index contributed by atoms with van der Waals surface area (Å²) in [7, 11) is 0. The molecule has 0 atom stereocenters. The van der Waals surface area contributed by atoms with Crippen LogP contribution < -0.4 is 10.6 Å². The minimum Gasteiger partial charge on any atom is -0.367 e. The van der Waals surface area contributed by atoms with Gasteiger partial charge in [-0.3, -0.25) is 0 Å². The molecule has 0 bridgehead atoms. The molecule has 2 heteroatoms. The molecule has 0 saturated heterocycles. The first-order valence-corrected chi connectivity index (χ1v) is 7.38. The fraction of sp³-hybridized carbons (Fsp3) is 0.333. The van der Waals surface area contributed by atoms with E-state index in [9.17, 15) is 0 Å². The third kappa shape index (κ3) is 2.70. The van der Waals surface area contributed by atoms with E-state index in [-0.39, 0.29) is 0 Å². The zero-order chi connectivity index (χ0) is 13.9. The second-order valence-electron chi connectivity index (χ2n) is 5.68. The molecule has 3 rings (SSSR count). The first-order chi connectivity index (χ1) is 9.76. The van der Waals surface area contributed by atoms with E-state index in [0.717, 1.165) is 13.1 Å². The molecule has 0 fully saturated rings. The highest BCUT2D eigenvalue weighted by Gasteiger charge is 2.16. The highest BCUT2D eigenvalue weighted by Crippen LogP contribution is 2.29. The van der Waals surface area contributed by atoms with E-state index >= 15 is 0 Å². The van der Waals surface area contributed by atoms with Crippen LogP contribution in [-0.4, -0.2) is 6.54 Å². The van der Waals surface area contributed by atoms with Crippen molar-refractivity contribution in [1.82, 2.24) is 0 Å². The molecule has 104 valence electrons. The molecule has 0 radical (unpaired) electrons. The molecule has 0 saturated carbocycles. The number of nitrogens with zero attached hydrogens (tertiary/aromatic N) is 1. The van der Waals surface area contributed by atoms with Crippen LogP contribution in [0.15, 0.2) is 42.5 Å². The van der Waals surface area contributed by atoms with Gasteiger partial charge in [0.2, 0.25) is 0 Å². The Morgan fingerprint density at radius 3 is 2.55 bits per heavy atom. The molecule has 2 nitrogen and oxygen atoms in total. The van der Waals surface area contributed by atoms with E-state index in [1.165, 1.54) is 40.8 Å². The van der Waals surface area contributed by atoms with Gasteiger partial charge in [-0.25, -0.2) is 0 Å². The lowest BCUT2D eigenvalue weighted by atomic mass is 9.99. The van der Waals surface area contributed by atoms with Crippen molar-refractivity contribution in [2.24, 2.45) is 5.73 Å². The van der Waals surface area contributed by atoms with E-state index in [1.54, 1.807) is 0 Å². The normalized spacial score (nSPS) is 14.2. The van der Waals surface area contributed by atoms with E-state index in [0.29, 0.717) is 6.54 Å². The highest BCUT2D eigenvalue weighted by molar-refractivity contribution is 5.57. The maximum Gasteiger partial charge on any atom is 0.0429 e. The van der Waals surface area contributed by atoms with Crippen LogP contribution in [0, 0.1) is 6.92 Å². The number of benzene rings is 2. The molecule has 0 aliphatic carbocycles. The Morgan fingerprint density at radius 1 is 1.05 bits per heavy atom. The topological polar surface area (TPSA) is 29.3 Å². The SMILES string of the molecule is Cc1ccc2c(c1)CCCN2Cc1ccc(CN)cc1. The van der Waals surface area contributed by atoms with Gasteiger partial charge < -0.3 is 10.6 Å². The lowest BCUT2D eigenvalue weighted by Gasteiger charge is -2.31. The lowest BCUT2D eigenvalue weighted by molar-refractivity contribution is 0.690. The van der Waals surface area contributed by atoms with Crippen LogP contribution in [0.1, 0.15) is 28.7 Å². The number of rotatable bonds is 3. The number of aryl methyl sites for hydroxylation is 2. The number of fused-ring (bicyclic) bond motifs is 1. The molecule has 1 aliphatic rings. The minimum absolute atomic E-state index is 0.617. The summed E-state index contributed by atoms with van der Waals surface area (Å²) < 4.78 is 0. The second kappa shape index (κ2) is 5.68. The molecule has 2 aromatic carbocycles. The molecule has 1 heterocycles. The summed E-state index contributed by atoms with van der Waals surface area (Å²) in [6, 6.07) is 15.5. The van der Waals surface area contributed by atoms with Crippen LogP contribution >= 0.6 is 0 Å². The number of hydrogen-bond acceptors (Lipinski definition) is 2. The third-order valence-corrected chi connectivity index (χ3v) is 4.08. The summed E-state index contributed by atoms with van der Waals surface area (Å²) >= 11 is 0. The van der Waals surface area contributed by atoms with Crippen LogP contribution in [0.2, 0.25) is 0 Å². The number of hydrogen-bond donors (Lipinski definition) is 1. The molecule has 2 N–H and O–H groups in total. The zero-order valence-electron chi connectivity index (χ0n) is 12.1. The van der Waals surface area contributed by atoms with E-state index in [4.69, 9.17) is 5.73 Å². The Hall–Kier alpha value is -1.80. The standard InChI is InChI=1S/C18H22N2/c1-14-4-9-18-17(11-14)3-2-10-20(18)13-16-7-5-15(12-19)6-8-16/h4-9,11H,2-3,10,12-13,19H2,1H3. The fourth-order valence-electron chi connectivity index (χ4n) is 2.97. The maximum absolute atomic E-state index is 5.65. The summed E-state index contributed by atoms with van der Waals surface area (Å²) in [5.74, 6) is 0. The average molecular weight is 266 g/mol. The van der Waals surface area contributed by atoms with Crippen LogP contribution in [0.5, 0.6) is 0 Å². The van der Waals surface area contributed by atoms with Crippen molar-refractivity contribution in [3.05, 3.63) is 64.7 Å². The van der Waals surface area contributed by atoms with Crippen LogP contribution in [0.3, 0.4) is 0 Å². The van der Waals surface area contributed by atoms with Crippen molar-refractivity contribution < 1.29 is 0 Å². The van der Waals surface area contributed by atoms with Crippen LogP contribution in [0.25, 0.3) is 0 Å². The van der Waals surface area contributed by atoms with E-state index < -0.39 is 0 Å². The van der Waals surface area contributed by atoms with E-state index in [2.05, 4.69) is 54.3 Å². The molecule has 0 amide bonds. The molecular weight excluding hydrogens is 244 g/mol. The zero-order valence-corrected chi connectivity index (χ0v) is 12.1. The first kappa shape index (κ1) is 13.2. The summed E-state index contributed by atoms with van der Waals surface area (Å²) in [5, 5.41) is 0. The van der Waals surface area contributed by atoms with Crippen molar-refractivity contribution in [2.75, 3.05) is 11.4 Å². The summed E-state index contributed by atoms with van der Waals surface area (Å²) in [6.07, 6.45) is 2.46. The molecule has 20 heavy (non-hydrogen) atoms. The molecule has 1 aliphatic heterocycles. The number of nitrogens with two attached hydrogens (primary N) is 1. The number of anilines is 1. The van der Waals surface area contributed by atoms with Crippen molar-refractivity contribution in [3.63, 3.8) is 0 Å². The lowest BCUT2D eigenvalue weighted by Crippen LogP contribution is -2.28. The van der Waals surface area contributed by atoms with Gasteiger partial charge >= 0.3 is 0 Å². The summed E-state index contributed by atoms with van der Waals surface area (Å²) in [5.41, 5.74) is 12.5. The molecule has 0 spiro atoms. The third-order valence-electron chi connectivity index (χ3n) is 4.08. The van der Waals surface area contributed by atoms with Gasteiger partial charge in [-0.15, -0.1) is 0 Å². The molecule has 0 aromatic heterocycles. The Kier molecular flexibility index (Phi) is 3.75. The van der Waals surface area contributed by atoms with Gasteiger partial charge in [0.25, 0.3) is 0 Å². The van der Waals surface area contributed by atoms with Gasteiger partial charge in [-0.2, -0.15) is 0 Å². The monoisotopic (exact) mass is 266 g/mol. The largest absolute Gasteiger partial charge is 0.367 e. The Bertz CT molecular complexity index is 587. The fourth-order valence-corrected chi connectivity index (χ4v) is 2.97. The van der Waals surface area contributed by atoms with Crippen molar-refractivity contribution in [1.29, 1.82) is 0 Å². The minimum atomic E-state index is 0.617. The van der Waals surface area contributed by atoms with Gasteiger partial charge in [0.15, 0.2) is 0 Å². The van der Waals surface area contributed by atoms with Crippen molar-refractivity contribution >= 4 is 5.69 Å². The molecular formula is C18H22N2. The average Bonchev–Trinajstić information content (AvgIpc) is 2.48. The quantitative estimate of drug-likeness (QED) is 0.922. The highest BCUT2D eigenvalue weighted by atomic mass is 15.1. The van der Waals surface area contributed by atoms with Gasteiger partial charge in [0.05, 0.1) is 0 Å². The van der Waals surface area contributed by atoms with Crippen molar-refractivity contribution in [2.45, 2.75) is 32.9 Å². The van der Waals surface area contributed by atoms with Gasteiger partial charge in [0.1, 0.15) is 0 Å². The second-order valence-corrected chi connectivity index (χ2v) is 5.68. The van der Waals surface area contributed by atoms with Crippen molar-refractivity contribution in [3.8, 4) is 0 Å². The predicted molar refractivity (Wildman–Crippen MR) is 84.9 cm³/mol. The smallest absolute Gasteiger partial charge is 0.0429 e. The Balaban J connectivity index is 1.81. The molecule has 2 aromatic rings. The maximum atomic E-state index is 5.65. The van der Waals surface area contributed by atoms with Crippen LogP contribution in [0.4, 0.5) is 5.69 Å². The molecule has 0 unspecified atom stereocenters. The van der Waals surface area contributed by atoms with Gasteiger partial charge in [-0.05, 0) is 42.5 Å². The first-order valence-electron chi connectivity index (χ1n) is 7.38. The Labute approximate surface area is 121 Å². The van der Waals surface area contributed by atoms with Gasteiger partial charge in [-0.1, -0.05) is 42.0 Å².